The second kappa shape index (κ2) is 10.7. The second-order valence-electron chi connectivity index (χ2n) is 9.43. The van der Waals surface area contributed by atoms with E-state index in [1.807, 2.05) is 12.1 Å². The Morgan fingerprint density at radius 3 is 2.55 bits per heavy atom. The second-order valence-corrected chi connectivity index (χ2v) is 9.84. The molecule has 1 N–H and O–H groups in total. The molecule has 4 rings (SSSR count). The van der Waals surface area contributed by atoms with Gasteiger partial charge in [0, 0.05) is 18.7 Å². The summed E-state index contributed by atoms with van der Waals surface area (Å²) in [5.74, 6) is 2.71. The van der Waals surface area contributed by atoms with Crippen LogP contribution in [0, 0.1) is 23.6 Å². The van der Waals surface area contributed by atoms with Crippen LogP contribution in [-0.4, -0.2) is 41.3 Å². The lowest BCUT2D eigenvalue weighted by molar-refractivity contribution is 0.127. The highest BCUT2D eigenvalue weighted by molar-refractivity contribution is 6.33. The molecule has 1 aromatic heterocycles. The molecule has 1 aliphatic heterocycles. The van der Waals surface area contributed by atoms with Gasteiger partial charge in [-0.15, -0.1) is 10.2 Å². The number of anilines is 1. The molecule has 2 heterocycles. The summed E-state index contributed by atoms with van der Waals surface area (Å²) in [6.45, 7) is 7.03. The molecule has 0 unspecified atom stereocenters. The maximum Gasteiger partial charge on any atom is 0.148 e. The molecule has 4 nitrogen and oxygen atoms in total. The van der Waals surface area contributed by atoms with Crippen LogP contribution in [-0.2, 0) is 0 Å². The van der Waals surface area contributed by atoms with Crippen LogP contribution in [0.2, 0.25) is 5.02 Å². The van der Waals surface area contributed by atoms with Crippen molar-refractivity contribution >= 4 is 17.4 Å². The van der Waals surface area contributed by atoms with Gasteiger partial charge in [-0.2, -0.15) is 0 Å². The highest BCUT2D eigenvalue weighted by atomic mass is 35.5. The van der Waals surface area contributed by atoms with Crippen molar-refractivity contribution in [2.24, 2.45) is 17.8 Å². The molecule has 0 radical (unpaired) electrons. The lowest BCUT2D eigenvalue weighted by Crippen LogP contribution is -2.39. The Bertz CT molecular complexity index is 830. The van der Waals surface area contributed by atoms with Crippen molar-refractivity contribution in [3.8, 4) is 11.3 Å². The van der Waals surface area contributed by atoms with Gasteiger partial charge in [-0.1, -0.05) is 37.8 Å². The van der Waals surface area contributed by atoms with Crippen LogP contribution in [0.4, 0.5) is 10.2 Å². The summed E-state index contributed by atoms with van der Waals surface area (Å²) in [5.41, 5.74) is 1.14. The van der Waals surface area contributed by atoms with E-state index in [0.29, 0.717) is 22.2 Å². The zero-order valence-corrected chi connectivity index (χ0v) is 19.3. The van der Waals surface area contributed by atoms with Gasteiger partial charge >= 0.3 is 0 Å². The van der Waals surface area contributed by atoms with Gasteiger partial charge in [0.2, 0.25) is 0 Å². The average Bonchev–Trinajstić information content (AvgIpc) is 2.81. The standard InChI is InChI=1S/C25H34ClFN4/c1-18(20-11-13-31(14-12-20)17-19-5-3-2-4-6-19)16-28-25-10-9-24(29-30-25)22-15-21(27)7-8-23(22)26/h7-10,15,18-20H,2-6,11-14,16-17H2,1H3,(H,28,30)/t18-/m0/s1. The topological polar surface area (TPSA) is 41.1 Å². The lowest BCUT2D eigenvalue weighted by atomic mass is 9.84. The molecule has 1 aromatic carbocycles. The van der Waals surface area contributed by atoms with Crippen molar-refractivity contribution in [2.75, 3.05) is 31.5 Å². The molecule has 31 heavy (non-hydrogen) atoms. The van der Waals surface area contributed by atoms with E-state index in [-0.39, 0.29) is 5.82 Å². The summed E-state index contributed by atoms with van der Waals surface area (Å²) in [5, 5.41) is 12.4. The fourth-order valence-corrected chi connectivity index (χ4v) is 5.35. The number of benzene rings is 1. The van der Waals surface area contributed by atoms with E-state index in [1.165, 1.54) is 76.7 Å². The zero-order valence-electron chi connectivity index (χ0n) is 18.5. The molecule has 1 aliphatic carbocycles. The molecule has 2 aliphatic rings. The zero-order chi connectivity index (χ0) is 21.6. The van der Waals surface area contributed by atoms with E-state index >= 15 is 0 Å². The maximum atomic E-state index is 13.5. The van der Waals surface area contributed by atoms with E-state index in [1.54, 1.807) is 6.07 Å². The Morgan fingerprint density at radius 2 is 1.84 bits per heavy atom. The maximum absolute atomic E-state index is 13.5. The third kappa shape index (κ3) is 6.17. The lowest BCUT2D eigenvalue weighted by Gasteiger charge is -2.37. The average molecular weight is 445 g/mol. The molecular weight excluding hydrogens is 411 g/mol. The fourth-order valence-electron chi connectivity index (χ4n) is 5.14. The number of rotatable bonds is 7. The Hall–Kier alpha value is -1.72. The van der Waals surface area contributed by atoms with Crippen molar-refractivity contribution < 1.29 is 4.39 Å². The van der Waals surface area contributed by atoms with E-state index in [0.717, 1.165) is 24.2 Å². The van der Waals surface area contributed by atoms with Gasteiger partial charge in [0.1, 0.15) is 11.6 Å². The Kier molecular flexibility index (Phi) is 7.78. The Morgan fingerprint density at radius 1 is 1.06 bits per heavy atom. The predicted octanol–water partition coefficient (Wildman–Crippen LogP) is 6.28. The highest BCUT2D eigenvalue weighted by Gasteiger charge is 2.25. The number of hydrogen-bond acceptors (Lipinski definition) is 4. The molecule has 0 bridgehead atoms. The van der Waals surface area contributed by atoms with Crippen LogP contribution in [0.25, 0.3) is 11.3 Å². The van der Waals surface area contributed by atoms with Gasteiger partial charge in [-0.25, -0.2) is 4.39 Å². The Labute approximate surface area is 190 Å². The highest BCUT2D eigenvalue weighted by Crippen LogP contribution is 2.30. The van der Waals surface area contributed by atoms with Gasteiger partial charge in [0.05, 0.1) is 10.7 Å². The van der Waals surface area contributed by atoms with Gasteiger partial charge in [0.25, 0.3) is 0 Å². The minimum absolute atomic E-state index is 0.331. The first-order valence-electron chi connectivity index (χ1n) is 11.8. The number of halogens is 2. The minimum Gasteiger partial charge on any atom is -0.368 e. The minimum atomic E-state index is -0.331. The van der Waals surface area contributed by atoms with Crippen molar-refractivity contribution in [1.82, 2.24) is 15.1 Å². The van der Waals surface area contributed by atoms with E-state index in [4.69, 9.17) is 11.6 Å². The molecule has 2 fully saturated rings. The van der Waals surface area contributed by atoms with Crippen LogP contribution in [0.3, 0.4) is 0 Å². The number of piperidine rings is 1. The predicted molar refractivity (Wildman–Crippen MR) is 126 cm³/mol. The first kappa shape index (κ1) is 22.5. The summed E-state index contributed by atoms with van der Waals surface area (Å²) in [4.78, 5) is 2.70. The normalized spacial score (nSPS) is 20.0. The molecular formula is C25H34ClFN4. The van der Waals surface area contributed by atoms with Crippen LogP contribution in [0.5, 0.6) is 0 Å². The summed E-state index contributed by atoms with van der Waals surface area (Å²) in [7, 11) is 0. The van der Waals surface area contributed by atoms with Gasteiger partial charge < -0.3 is 10.2 Å². The Balaban J connectivity index is 1.22. The summed E-state index contributed by atoms with van der Waals surface area (Å²) < 4.78 is 13.5. The monoisotopic (exact) mass is 444 g/mol. The molecule has 1 saturated carbocycles. The molecule has 1 saturated heterocycles. The summed E-state index contributed by atoms with van der Waals surface area (Å²) in [6.07, 6.45) is 9.76. The number of nitrogens with zero attached hydrogens (tertiary/aromatic N) is 3. The fraction of sp³-hybridized carbons (Fsp3) is 0.600. The summed E-state index contributed by atoms with van der Waals surface area (Å²) in [6, 6.07) is 8.01. The van der Waals surface area contributed by atoms with Crippen molar-refractivity contribution in [3.63, 3.8) is 0 Å². The number of likely N-dealkylation sites (tertiary alicyclic amines) is 1. The molecule has 2 aromatic rings. The van der Waals surface area contributed by atoms with Crippen molar-refractivity contribution in [2.45, 2.75) is 51.9 Å². The van der Waals surface area contributed by atoms with Crippen molar-refractivity contribution in [3.05, 3.63) is 41.2 Å². The molecule has 1 atom stereocenters. The number of hydrogen-bond donors (Lipinski definition) is 1. The number of aromatic nitrogens is 2. The van der Waals surface area contributed by atoms with Crippen LogP contribution < -0.4 is 5.32 Å². The largest absolute Gasteiger partial charge is 0.368 e. The van der Waals surface area contributed by atoms with Gasteiger partial charge in [-0.05, 0) is 86.9 Å². The van der Waals surface area contributed by atoms with Gasteiger partial charge in [0.15, 0.2) is 0 Å². The summed E-state index contributed by atoms with van der Waals surface area (Å²) >= 11 is 6.17. The van der Waals surface area contributed by atoms with E-state index in [9.17, 15) is 4.39 Å². The smallest absolute Gasteiger partial charge is 0.148 e. The number of nitrogens with one attached hydrogen (secondary N) is 1. The van der Waals surface area contributed by atoms with E-state index in [2.05, 4.69) is 27.3 Å². The quantitative estimate of drug-likeness (QED) is 0.545. The first-order chi connectivity index (χ1) is 15.1. The molecule has 0 spiro atoms. The van der Waals surface area contributed by atoms with Crippen LogP contribution >= 0.6 is 11.6 Å². The first-order valence-corrected chi connectivity index (χ1v) is 12.2. The third-order valence-electron chi connectivity index (χ3n) is 7.15. The molecule has 0 amide bonds. The third-order valence-corrected chi connectivity index (χ3v) is 7.48. The van der Waals surface area contributed by atoms with E-state index < -0.39 is 0 Å². The molecule has 6 heteroatoms. The van der Waals surface area contributed by atoms with Crippen molar-refractivity contribution in [1.29, 1.82) is 0 Å². The van der Waals surface area contributed by atoms with Crippen LogP contribution in [0.1, 0.15) is 51.9 Å². The molecule has 168 valence electrons. The SMILES string of the molecule is C[C@@H](CNc1ccc(-c2cc(F)ccc2Cl)nn1)C1CCN(CC2CCCCC2)CC1. The van der Waals surface area contributed by atoms with Crippen LogP contribution in [0.15, 0.2) is 30.3 Å². The van der Waals surface area contributed by atoms with Gasteiger partial charge in [-0.3, -0.25) is 0 Å².